The molecule has 0 aromatic heterocycles. The molecule has 0 bridgehead atoms. The fourth-order valence-corrected chi connectivity index (χ4v) is 4.29. The Morgan fingerprint density at radius 3 is 1.93 bits per heavy atom. The van der Waals surface area contributed by atoms with Gasteiger partial charge < -0.3 is 0 Å². The molecule has 0 atom stereocenters. The smallest absolute Gasteiger partial charge is 0.0102 e. The zero-order valence-corrected chi connectivity index (χ0v) is 17.9. The molecular formula is C28H36. The van der Waals surface area contributed by atoms with Crippen molar-refractivity contribution >= 4 is 27.6 Å². The molecule has 0 radical (unpaired) electrons. The summed E-state index contributed by atoms with van der Waals surface area (Å²) in [5, 5.41) is 5.38. The summed E-state index contributed by atoms with van der Waals surface area (Å²) in [6, 6.07) is 16.4. The summed E-state index contributed by atoms with van der Waals surface area (Å²) in [7, 11) is 0. The minimum absolute atomic E-state index is 1.18. The zero-order valence-electron chi connectivity index (χ0n) is 17.9. The molecule has 148 valence electrons. The third-order valence-electron chi connectivity index (χ3n) is 5.97. The van der Waals surface area contributed by atoms with Crippen molar-refractivity contribution < 1.29 is 0 Å². The van der Waals surface area contributed by atoms with Crippen LogP contribution in [0.2, 0.25) is 0 Å². The van der Waals surface area contributed by atoms with E-state index in [0.717, 1.165) is 0 Å². The Labute approximate surface area is 171 Å². The predicted molar refractivity (Wildman–Crippen MR) is 127 cm³/mol. The van der Waals surface area contributed by atoms with Crippen LogP contribution in [0.5, 0.6) is 0 Å². The summed E-state index contributed by atoms with van der Waals surface area (Å²) >= 11 is 0. The first-order valence-electron chi connectivity index (χ1n) is 11.4. The molecule has 0 unspecified atom stereocenters. The second-order valence-corrected chi connectivity index (χ2v) is 8.23. The Kier molecular flexibility index (Phi) is 7.71. The summed E-state index contributed by atoms with van der Waals surface area (Å²) in [6.45, 7) is 8.68. The van der Waals surface area contributed by atoms with Gasteiger partial charge in [-0.15, -0.1) is 0 Å². The fourth-order valence-electron chi connectivity index (χ4n) is 4.29. The molecule has 0 N–H and O–H groups in total. The fraction of sp³-hybridized carbons (Fsp3) is 0.429. The van der Waals surface area contributed by atoms with Gasteiger partial charge in [0.1, 0.15) is 0 Å². The molecule has 0 nitrogen and oxygen atoms in total. The first kappa shape index (κ1) is 20.6. The Bertz CT molecular complexity index is 916. The molecule has 3 rings (SSSR count). The number of benzene rings is 3. The number of unbranched alkanes of at least 4 members (excludes halogenated alkanes) is 6. The average molecular weight is 373 g/mol. The molecule has 0 saturated heterocycles. The molecule has 28 heavy (non-hydrogen) atoms. The molecule has 0 spiro atoms. The second-order valence-electron chi connectivity index (χ2n) is 8.23. The highest BCUT2D eigenvalue weighted by Gasteiger charge is 2.07. The molecule has 3 aromatic rings. The zero-order chi connectivity index (χ0) is 19.8. The Hall–Kier alpha value is -2.08. The van der Waals surface area contributed by atoms with Gasteiger partial charge in [0.2, 0.25) is 0 Å². The van der Waals surface area contributed by atoms with Crippen LogP contribution in [0.4, 0.5) is 0 Å². The van der Waals surface area contributed by atoms with E-state index in [1.165, 1.54) is 102 Å². The van der Waals surface area contributed by atoms with Crippen molar-refractivity contribution in [1.82, 2.24) is 0 Å². The van der Waals surface area contributed by atoms with Crippen LogP contribution in [0.3, 0.4) is 0 Å². The van der Waals surface area contributed by atoms with E-state index in [0.29, 0.717) is 0 Å². The standard InChI is InChI=1S/C28H36/c1-4-7-9-11-13-22-16-18-27-25(19-22)21-24-17-15-23(14-12-10-8-5-2)20-28(24)26(27)6-3/h6,15-21H,3-5,7-14H2,1-2H3. The molecule has 0 saturated carbocycles. The molecule has 0 aliphatic rings. The van der Waals surface area contributed by atoms with Crippen LogP contribution in [-0.2, 0) is 12.8 Å². The second kappa shape index (κ2) is 10.5. The van der Waals surface area contributed by atoms with E-state index in [2.05, 4.69) is 62.9 Å². The molecule has 0 fully saturated rings. The predicted octanol–water partition coefficient (Wildman–Crippen LogP) is 8.88. The molecular weight excluding hydrogens is 336 g/mol. The van der Waals surface area contributed by atoms with Gasteiger partial charge in [0.15, 0.2) is 0 Å². The van der Waals surface area contributed by atoms with E-state index >= 15 is 0 Å². The minimum atomic E-state index is 1.18. The molecule has 0 heteroatoms. The summed E-state index contributed by atoms with van der Waals surface area (Å²) in [4.78, 5) is 0. The first-order valence-corrected chi connectivity index (χ1v) is 11.4. The normalized spacial score (nSPS) is 11.4. The van der Waals surface area contributed by atoms with Crippen molar-refractivity contribution in [2.45, 2.75) is 78.1 Å². The quantitative estimate of drug-likeness (QED) is 0.233. The Balaban J connectivity index is 1.88. The lowest BCUT2D eigenvalue weighted by Gasteiger charge is -2.12. The maximum absolute atomic E-state index is 4.14. The van der Waals surface area contributed by atoms with E-state index in [1.54, 1.807) is 0 Å². The van der Waals surface area contributed by atoms with E-state index in [1.807, 2.05) is 6.08 Å². The monoisotopic (exact) mass is 372 g/mol. The van der Waals surface area contributed by atoms with Crippen molar-refractivity contribution in [3.05, 3.63) is 65.7 Å². The van der Waals surface area contributed by atoms with Crippen molar-refractivity contribution in [3.8, 4) is 0 Å². The van der Waals surface area contributed by atoms with Crippen molar-refractivity contribution in [1.29, 1.82) is 0 Å². The van der Waals surface area contributed by atoms with Gasteiger partial charge >= 0.3 is 0 Å². The SMILES string of the molecule is C=Cc1c2ccc(CCCCCC)cc2cc2ccc(CCCCCC)cc12. The maximum atomic E-state index is 4.14. The van der Waals surface area contributed by atoms with Crippen molar-refractivity contribution in [2.75, 3.05) is 0 Å². The number of fused-ring (bicyclic) bond motifs is 2. The molecule has 0 aliphatic carbocycles. The maximum Gasteiger partial charge on any atom is -0.0102 e. The number of rotatable bonds is 11. The lowest BCUT2D eigenvalue weighted by molar-refractivity contribution is 0.667. The third kappa shape index (κ3) is 5.04. The molecule has 0 amide bonds. The molecule has 0 aliphatic heterocycles. The van der Waals surface area contributed by atoms with Crippen LogP contribution < -0.4 is 0 Å². The minimum Gasteiger partial charge on any atom is -0.0984 e. The first-order chi connectivity index (χ1) is 13.8. The van der Waals surface area contributed by atoms with Gasteiger partial charge in [0, 0.05) is 0 Å². The lowest BCUT2D eigenvalue weighted by atomic mass is 9.92. The lowest BCUT2D eigenvalue weighted by Crippen LogP contribution is -1.91. The van der Waals surface area contributed by atoms with Crippen LogP contribution >= 0.6 is 0 Å². The molecule has 3 aromatic carbocycles. The van der Waals surface area contributed by atoms with Crippen molar-refractivity contribution in [2.24, 2.45) is 0 Å². The summed E-state index contributed by atoms with van der Waals surface area (Å²) in [6.07, 6.45) is 15.0. The van der Waals surface area contributed by atoms with Gasteiger partial charge in [-0.05, 0) is 70.0 Å². The Morgan fingerprint density at radius 1 is 0.643 bits per heavy atom. The highest BCUT2D eigenvalue weighted by Crippen LogP contribution is 2.31. The van der Waals surface area contributed by atoms with Gasteiger partial charge in [-0.3, -0.25) is 0 Å². The van der Waals surface area contributed by atoms with Crippen LogP contribution in [0.15, 0.2) is 49.0 Å². The van der Waals surface area contributed by atoms with E-state index in [9.17, 15) is 0 Å². The largest absolute Gasteiger partial charge is 0.0984 e. The van der Waals surface area contributed by atoms with Gasteiger partial charge in [-0.25, -0.2) is 0 Å². The van der Waals surface area contributed by atoms with Gasteiger partial charge in [0.05, 0.1) is 0 Å². The highest BCUT2D eigenvalue weighted by atomic mass is 14.1. The van der Waals surface area contributed by atoms with Crippen LogP contribution in [-0.4, -0.2) is 0 Å². The summed E-state index contributed by atoms with van der Waals surface area (Å²) in [5.41, 5.74) is 4.21. The van der Waals surface area contributed by atoms with Crippen LogP contribution in [0.25, 0.3) is 27.6 Å². The van der Waals surface area contributed by atoms with E-state index < -0.39 is 0 Å². The van der Waals surface area contributed by atoms with Gasteiger partial charge in [0.25, 0.3) is 0 Å². The van der Waals surface area contributed by atoms with Gasteiger partial charge in [-0.1, -0.05) is 101 Å². The van der Waals surface area contributed by atoms with Crippen molar-refractivity contribution in [3.63, 3.8) is 0 Å². The number of aryl methyl sites for hydroxylation is 2. The van der Waals surface area contributed by atoms with Crippen LogP contribution in [0, 0.1) is 0 Å². The van der Waals surface area contributed by atoms with Crippen LogP contribution in [0.1, 0.15) is 81.9 Å². The molecule has 0 heterocycles. The third-order valence-corrected chi connectivity index (χ3v) is 5.97. The topological polar surface area (TPSA) is 0 Å². The average Bonchev–Trinajstić information content (AvgIpc) is 2.72. The van der Waals surface area contributed by atoms with Gasteiger partial charge in [-0.2, -0.15) is 0 Å². The Morgan fingerprint density at radius 2 is 1.29 bits per heavy atom. The highest BCUT2D eigenvalue weighted by molar-refractivity contribution is 6.06. The summed E-state index contributed by atoms with van der Waals surface area (Å²) < 4.78 is 0. The van der Waals surface area contributed by atoms with E-state index in [4.69, 9.17) is 0 Å². The number of hydrogen-bond acceptors (Lipinski definition) is 0. The number of hydrogen-bond donors (Lipinski definition) is 0. The summed E-state index contributed by atoms with van der Waals surface area (Å²) in [5.74, 6) is 0. The van der Waals surface area contributed by atoms with E-state index in [-0.39, 0.29) is 0 Å².